The van der Waals surface area contributed by atoms with Crippen LogP contribution in [0.3, 0.4) is 0 Å². The Bertz CT molecular complexity index is 1310. The van der Waals surface area contributed by atoms with Crippen LogP contribution in [0.5, 0.6) is 0 Å². The second kappa shape index (κ2) is 15.3. The number of hydrogen-bond donors (Lipinski definition) is 1. The summed E-state index contributed by atoms with van der Waals surface area (Å²) in [5.74, 6) is 0.521. The van der Waals surface area contributed by atoms with Crippen LogP contribution < -0.4 is 0 Å². The fourth-order valence-electron chi connectivity index (χ4n) is 5.25. The van der Waals surface area contributed by atoms with Crippen molar-refractivity contribution in [2.45, 2.75) is 44.6 Å². The van der Waals surface area contributed by atoms with E-state index in [2.05, 4.69) is 48.5 Å². The third-order valence-corrected chi connectivity index (χ3v) is 7.32. The molecule has 4 aromatic rings. The van der Waals surface area contributed by atoms with E-state index in [9.17, 15) is 5.11 Å². The van der Waals surface area contributed by atoms with Gasteiger partial charge >= 0.3 is 0 Å². The number of rotatable bonds is 13. The second-order valence-corrected chi connectivity index (χ2v) is 10.3. The Morgan fingerprint density at radius 3 is 1.63 bits per heavy atom. The van der Waals surface area contributed by atoms with Crippen LogP contribution in [0.2, 0.25) is 0 Å². The van der Waals surface area contributed by atoms with Crippen molar-refractivity contribution in [3.05, 3.63) is 155 Å². The van der Waals surface area contributed by atoms with Crippen molar-refractivity contribution in [2.24, 2.45) is 5.92 Å². The molecule has 0 aliphatic carbocycles. The Morgan fingerprint density at radius 1 is 0.610 bits per heavy atom. The summed E-state index contributed by atoms with van der Waals surface area (Å²) in [5.41, 5.74) is 4.45. The molecule has 0 saturated carbocycles. The van der Waals surface area contributed by atoms with Crippen molar-refractivity contribution in [3.8, 4) is 0 Å². The van der Waals surface area contributed by atoms with Gasteiger partial charge in [-0.05, 0) is 34.8 Å². The Hall–Kier alpha value is -3.74. The van der Waals surface area contributed by atoms with E-state index in [0.717, 1.165) is 23.1 Å². The van der Waals surface area contributed by atoms with Crippen LogP contribution in [0.1, 0.15) is 22.3 Å². The van der Waals surface area contributed by atoms with Gasteiger partial charge in [0, 0.05) is 5.92 Å². The molecule has 1 N–H and O–H groups in total. The fraction of sp³-hybridized carbons (Fsp3) is 0.278. The Labute approximate surface area is 243 Å². The predicted molar refractivity (Wildman–Crippen MR) is 160 cm³/mol. The van der Waals surface area contributed by atoms with E-state index in [0.29, 0.717) is 32.2 Å². The van der Waals surface area contributed by atoms with Gasteiger partial charge in [0.05, 0.1) is 39.1 Å². The molecule has 1 fully saturated rings. The van der Waals surface area contributed by atoms with Gasteiger partial charge in [0.15, 0.2) is 0 Å². The molecule has 4 aromatic carbocycles. The van der Waals surface area contributed by atoms with E-state index in [1.54, 1.807) is 6.08 Å². The summed E-state index contributed by atoms with van der Waals surface area (Å²) in [6.45, 7) is 1.54. The highest BCUT2D eigenvalue weighted by atomic mass is 16.6. The van der Waals surface area contributed by atoms with E-state index in [-0.39, 0.29) is 24.7 Å². The topological polar surface area (TPSA) is 57.2 Å². The molecular weight excluding hydrogens is 512 g/mol. The van der Waals surface area contributed by atoms with Gasteiger partial charge in [0.1, 0.15) is 18.0 Å². The molecular formula is C36H38O5. The van der Waals surface area contributed by atoms with Gasteiger partial charge in [-0.15, -0.1) is 0 Å². The summed E-state index contributed by atoms with van der Waals surface area (Å²) < 4.78 is 26.1. The monoisotopic (exact) mass is 550 g/mol. The lowest BCUT2D eigenvalue weighted by Crippen LogP contribution is -2.52. The molecule has 2 unspecified atom stereocenters. The van der Waals surface area contributed by atoms with Crippen LogP contribution in [0.25, 0.3) is 0 Å². The molecule has 0 radical (unpaired) electrons. The van der Waals surface area contributed by atoms with Gasteiger partial charge in [-0.3, -0.25) is 0 Å². The van der Waals surface area contributed by atoms with Crippen molar-refractivity contribution < 1.29 is 24.1 Å². The highest BCUT2D eigenvalue weighted by Crippen LogP contribution is 2.36. The first-order valence-corrected chi connectivity index (χ1v) is 14.2. The maximum Gasteiger partial charge on any atom is 0.141 e. The first kappa shape index (κ1) is 28.8. The molecule has 5 heteroatoms. The van der Waals surface area contributed by atoms with Gasteiger partial charge in [0.2, 0.25) is 0 Å². The summed E-state index contributed by atoms with van der Waals surface area (Å²) in [6, 6.07) is 40.8. The zero-order chi connectivity index (χ0) is 28.1. The molecule has 5 rings (SSSR count). The summed E-state index contributed by atoms with van der Waals surface area (Å²) in [6.07, 6.45) is 1.30. The average Bonchev–Trinajstić information content (AvgIpc) is 3.03. The number of aliphatic hydroxyl groups excluding tert-OH is 1. The fourth-order valence-corrected chi connectivity index (χ4v) is 5.25. The largest absolute Gasteiger partial charge is 0.489 e. The molecule has 212 valence electrons. The highest BCUT2D eigenvalue weighted by Gasteiger charge is 2.45. The molecule has 1 aliphatic heterocycles. The minimum Gasteiger partial charge on any atom is -0.489 e. The maximum atomic E-state index is 9.94. The first-order valence-electron chi connectivity index (χ1n) is 14.2. The van der Waals surface area contributed by atoms with Crippen molar-refractivity contribution in [3.63, 3.8) is 0 Å². The van der Waals surface area contributed by atoms with Crippen LogP contribution in [0, 0.1) is 5.92 Å². The first-order chi connectivity index (χ1) is 20.3. The van der Waals surface area contributed by atoms with E-state index in [4.69, 9.17) is 18.9 Å². The maximum absolute atomic E-state index is 9.94. The Morgan fingerprint density at radius 2 is 1.10 bits per heavy atom. The third kappa shape index (κ3) is 8.38. The molecule has 1 saturated heterocycles. The van der Waals surface area contributed by atoms with Gasteiger partial charge in [-0.1, -0.05) is 121 Å². The molecule has 0 bridgehead atoms. The molecule has 0 amide bonds. The number of aliphatic hydroxyl groups is 1. The molecule has 4 atom stereocenters. The third-order valence-electron chi connectivity index (χ3n) is 7.32. The van der Waals surface area contributed by atoms with Gasteiger partial charge in [-0.2, -0.15) is 0 Å². The zero-order valence-electron chi connectivity index (χ0n) is 23.3. The average molecular weight is 551 g/mol. The lowest BCUT2D eigenvalue weighted by Gasteiger charge is -2.44. The van der Waals surface area contributed by atoms with E-state index < -0.39 is 6.10 Å². The van der Waals surface area contributed by atoms with Crippen LogP contribution >= 0.6 is 0 Å². The highest BCUT2D eigenvalue weighted by molar-refractivity contribution is 5.20. The van der Waals surface area contributed by atoms with Crippen LogP contribution in [-0.2, 0) is 45.2 Å². The van der Waals surface area contributed by atoms with Crippen LogP contribution in [-0.4, -0.2) is 36.6 Å². The van der Waals surface area contributed by atoms with Gasteiger partial charge < -0.3 is 24.1 Å². The normalized spacial score (nSPS) is 21.4. The predicted octanol–water partition coefficient (Wildman–Crippen LogP) is 6.51. The van der Waals surface area contributed by atoms with Crippen molar-refractivity contribution >= 4 is 0 Å². The number of benzene rings is 4. The van der Waals surface area contributed by atoms with Gasteiger partial charge in [-0.25, -0.2) is 0 Å². The summed E-state index contributed by atoms with van der Waals surface area (Å²) in [5, 5.41) is 9.94. The second-order valence-electron chi connectivity index (χ2n) is 10.3. The van der Waals surface area contributed by atoms with E-state index in [1.807, 2.05) is 72.8 Å². The van der Waals surface area contributed by atoms with E-state index >= 15 is 0 Å². The molecule has 1 heterocycles. The van der Waals surface area contributed by atoms with Crippen molar-refractivity contribution in [1.82, 2.24) is 0 Å². The van der Waals surface area contributed by atoms with Crippen molar-refractivity contribution in [1.29, 1.82) is 0 Å². The summed E-state index contributed by atoms with van der Waals surface area (Å²) >= 11 is 0. The smallest absolute Gasteiger partial charge is 0.141 e. The molecule has 0 aromatic heterocycles. The molecule has 1 aliphatic rings. The molecule has 0 spiro atoms. The standard InChI is InChI=1S/C36H38O5/c37-22-21-33-36(40-26-31-19-11-4-12-20-31)35(39-25-30-17-9-3-10-18-30)32(23-28-13-5-1-6-14-28)34(41-33)27-38-24-29-15-7-2-8-16-29/h1-21,32,34-37H,22-27H2/b33-21-/t32-,34?,35-,36?/m1/s1. The number of ether oxygens (including phenoxy) is 4. The lowest BCUT2D eigenvalue weighted by molar-refractivity contribution is -0.182. The van der Waals surface area contributed by atoms with Crippen LogP contribution in [0.15, 0.2) is 133 Å². The molecule has 5 nitrogen and oxygen atoms in total. The number of hydrogen-bond acceptors (Lipinski definition) is 5. The van der Waals surface area contributed by atoms with Gasteiger partial charge in [0.25, 0.3) is 0 Å². The summed E-state index contributed by atoms with van der Waals surface area (Å²) in [4.78, 5) is 0. The Kier molecular flexibility index (Phi) is 10.7. The van der Waals surface area contributed by atoms with Crippen LogP contribution in [0.4, 0.5) is 0 Å². The SMILES string of the molecule is OC/C=C1\OC(COCc2ccccc2)[C@@H](Cc2ccccc2)[C@@H](OCc2ccccc2)C1OCc1ccccc1. The van der Waals surface area contributed by atoms with E-state index in [1.165, 1.54) is 5.56 Å². The Balaban J connectivity index is 1.43. The minimum atomic E-state index is -0.495. The molecule has 41 heavy (non-hydrogen) atoms. The quantitative estimate of drug-likeness (QED) is 0.206. The lowest BCUT2D eigenvalue weighted by atomic mass is 9.83. The zero-order valence-corrected chi connectivity index (χ0v) is 23.3. The minimum absolute atomic E-state index is 0.0616. The summed E-state index contributed by atoms with van der Waals surface area (Å²) in [7, 11) is 0. The van der Waals surface area contributed by atoms with Crippen molar-refractivity contribution in [2.75, 3.05) is 13.2 Å².